The maximum atomic E-state index is 11.4. The molecular formula is C17H18O4. The third kappa shape index (κ3) is 3.75. The fourth-order valence-corrected chi connectivity index (χ4v) is 1.89. The molecule has 0 spiro atoms. The van der Waals surface area contributed by atoms with E-state index in [9.17, 15) is 4.79 Å². The zero-order valence-electron chi connectivity index (χ0n) is 12.4. The predicted octanol–water partition coefficient (Wildman–Crippen LogP) is 3.49. The Morgan fingerprint density at radius 2 is 1.67 bits per heavy atom. The Balaban J connectivity index is 2.09. The fraction of sp³-hybridized carbons (Fsp3) is 0.235. The standard InChI is InChI=1S/C17H18O4/c1-12(18)14-6-9-16(17(10-14)20-3)21-11-13-4-7-15(19-2)8-5-13/h4-10H,11H2,1-3H3. The van der Waals surface area contributed by atoms with Crippen LogP contribution >= 0.6 is 0 Å². The number of benzene rings is 2. The summed E-state index contributed by atoms with van der Waals surface area (Å²) < 4.78 is 16.1. The molecule has 0 unspecified atom stereocenters. The van der Waals surface area contributed by atoms with Crippen LogP contribution in [0.1, 0.15) is 22.8 Å². The average molecular weight is 286 g/mol. The van der Waals surface area contributed by atoms with Crippen LogP contribution in [0.2, 0.25) is 0 Å². The Morgan fingerprint density at radius 1 is 0.952 bits per heavy atom. The molecule has 0 fully saturated rings. The van der Waals surface area contributed by atoms with Crippen molar-refractivity contribution in [1.82, 2.24) is 0 Å². The van der Waals surface area contributed by atoms with Crippen molar-refractivity contribution in [2.24, 2.45) is 0 Å². The van der Waals surface area contributed by atoms with Gasteiger partial charge in [0.05, 0.1) is 14.2 Å². The first-order valence-corrected chi connectivity index (χ1v) is 6.58. The molecule has 2 aromatic carbocycles. The van der Waals surface area contributed by atoms with Crippen LogP contribution in [0, 0.1) is 0 Å². The lowest BCUT2D eigenvalue weighted by molar-refractivity contribution is 0.101. The number of hydrogen-bond donors (Lipinski definition) is 0. The van der Waals surface area contributed by atoms with Gasteiger partial charge in [-0.05, 0) is 42.8 Å². The van der Waals surface area contributed by atoms with Crippen LogP contribution in [0.3, 0.4) is 0 Å². The van der Waals surface area contributed by atoms with Crippen molar-refractivity contribution in [2.45, 2.75) is 13.5 Å². The quantitative estimate of drug-likeness (QED) is 0.763. The summed E-state index contributed by atoms with van der Waals surface area (Å²) in [4.78, 5) is 11.4. The highest BCUT2D eigenvalue weighted by Gasteiger charge is 2.08. The minimum Gasteiger partial charge on any atom is -0.497 e. The molecule has 0 saturated heterocycles. The van der Waals surface area contributed by atoms with Gasteiger partial charge in [0.2, 0.25) is 0 Å². The number of hydrogen-bond acceptors (Lipinski definition) is 4. The summed E-state index contributed by atoms with van der Waals surface area (Å²) in [5.74, 6) is 1.96. The zero-order valence-corrected chi connectivity index (χ0v) is 12.4. The van der Waals surface area contributed by atoms with Gasteiger partial charge in [-0.1, -0.05) is 12.1 Å². The fourth-order valence-electron chi connectivity index (χ4n) is 1.89. The lowest BCUT2D eigenvalue weighted by atomic mass is 10.1. The Labute approximate surface area is 124 Å². The molecular weight excluding hydrogens is 268 g/mol. The van der Waals surface area contributed by atoms with Crippen molar-refractivity contribution in [3.8, 4) is 17.2 Å². The monoisotopic (exact) mass is 286 g/mol. The summed E-state index contributed by atoms with van der Waals surface area (Å²) in [6.07, 6.45) is 0. The predicted molar refractivity (Wildman–Crippen MR) is 80.3 cm³/mol. The summed E-state index contributed by atoms with van der Waals surface area (Å²) in [6.45, 7) is 1.94. The first kappa shape index (κ1) is 14.9. The molecule has 4 nitrogen and oxygen atoms in total. The number of Topliss-reactive ketones (excluding diaryl/α,β-unsaturated/α-hetero) is 1. The van der Waals surface area contributed by atoms with Crippen LogP contribution in [0.15, 0.2) is 42.5 Å². The Morgan fingerprint density at radius 3 is 2.24 bits per heavy atom. The van der Waals surface area contributed by atoms with E-state index in [1.165, 1.54) is 6.92 Å². The summed E-state index contributed by atoms with van der Waals surface area (Å²) >= 11 is 0. The maximum Gasteiger partial charge on any atom is 0.161 e. The normalized spacial score (nSPS) is 10.0. The Kier molecular flexibility index (Phi) is 4.82. The minimum atomic E-state index is -0.00463. The van der Waals surface area contributed by atoms with E-state index in [1.54, 1.807) is 32.4 Å². The van der Waals surface area contributed by atoms with E-state index < -0.39 is 0 Å². The average Bonchev–Trinajstić information content (AvgIpc) is 2.53. The van der Waals surface area contributed by atoms with E-state index in [0.717, 1.165) is 11.3 Å². The number of ether oxygens (including phenoxy) is 3. The first-order valence-electron chi connectivity index (χ1n) is 6.58. The number of carbonyl (C=O) groups excluding carboxylic acids is 1. The SMILES string of the molecule is COc1ccc(COc2ccc(C(C)=O)cc2OC)cc1. The highest BCUT2D eigenvalue weighted by atomic mass is 16.5. The summed E-state index contributed by atoms with van der Waals surface area (Å²) in [5, 5.41) is 0. The molecule has 0 N–H and O–H groups in total. The Hall–Kier alpha value is -2.49. The van der Waals surface area contributed by atoms with Crippen LogP contribution in [0.25, 0.3) is 0 Å². The van der Waals surface area contributed by atoms with Crippen molar-refractivity contribution in [1.29, 1.82) is 0 Å². The second-order valence-corrected chi connectivity index (χ2v) is 4.56. The molecule has 0 aliphatic rings. The molecule has 2 rings (SSSR count). The molecule has 4 heteroatoms. The van der Waals surface area contributed by atoms with E-state index in [0.29, 0.717) is 23.7 Å². The van der Waals surface area contributed by atoms with Gasteiger partial charge in [0.25, 0.3) is 0 Å². The van der Waals surface area contributed by atoms with Gasteiger partial charge in [-0.25, -0.2) is 0 Å². The van der Waals surface area contributed by atoms with Crippen LogP contribution in [-0.2, 0) is 6.61 Å². The maximum absolute atomic E-state index is 11.4. The molecule has 0 saturated carbocycles. The van der Waals surface area contributed by atoms with E-state index in [2.05, 4.69) is 0 Å². The lowest BCUT2D eigenvalue weighted by Crippen LogP contribution is -2.00. The summed E-state index contributed by atoms with van der Waals surface area (Å²) in [7, 11) is 3.19. The van der Waals surface area contributed by atoms with Crippen molar-refractivity contribution in [2.75, 3.05) is 14.2 Å². The van der Waals surface area contributed by atoms with Crippen molar-refractivity contribution >= 4 is 5.78 Å². The number of ketones is 1. The Bertz CT molecular complexity index is 617. The first-order chi connectivity index (χ1) is 10.1. The van der Waals surface area contributed by atoms with Gasteiger partial charge in [0.1, 0.15) is 12.4 Å². The summed E-state index contributed by atoms with van der Waals surface area (Å²) in [5.41, 5.74) is 1.62. The van der Waals surface area contributed by atoms with E-state index in [-0.39, 0.29) is 5.78 Å². The molecule has 0 heterocycles. The van der Waals surface area contributed by atoms with Crippen LogP contribution in [0.4, 0.5) is 0 Å². The molecule has 0 aliphatic heterocycles. The molecule has 0 atom stereocenters. The highest BCUT2D eigenvalue weighted by Crippen LogP contribution is 2.29. The van der Waals surface area contributed by atoms with Crippen LogP contribution in [-0.4, -0.2) is 20.0 Å². The minimum absolute atomic E-state index is 0.00463. The van der Waals surface area contributed by atoms with Gasteiger partial charge in [-0.15, -0.1) is 0 Å². The zero-order chi connectivity index (χ0) is 15.2. The van der Waals surface area contributed by atoms with Gasteiger partial charge in [0, 0.05) is 5.56 Å². The molecule has 0 aliphatic carbocycles. The smallest absolute Gasteiger partial charge is 0.161 e. The number of methoxy groups -OCH3 is 2. The molecule has 0 radical (unpaired) electrons. The second kappa shape index (κ2) is 6.79. The van der Waals surface area contributed by atoms with Crippen molar-refractivity contribution in [3.63, 3.8) is 0 Å². The molecule has 0 amide bonds. The van der Waals surface area contributed by atoms with Crippen molar-refractivity contribution in [3.05, 3.63) is 53.6 Å². The lowest BCUT2D eigenvalue weighted by Gasteiger charge is -2.12. The third-order valence-corrected chi connectivity index (χ3v) is 3.12. The molecule has 110 valence electrons. The molecule has 0 aromatic heterocycles. The number of rotatable bonds is 6. The topological polar surface area (TPSA) is 44.8 Å². The largest absolute Gasteiger partial charge is 0.497 e. The molecule has 0 bridgehead atoms. The van der Waals surface area contributed by atoms with Crippen molar-refractivity contribution < 1.29 is 19.0 Å². The number of carbonyl (C=O) groups is 1. The van der Waals surface area contributed by atoms with E-state index >= 15 is 0 Å². The van der Waals surface area contributed by atoms with Gasteiger partial charge in [-0.2, -0.15) is 0 Å². The van der Waals surface area contributed by atoms with Crippen LogP contribution < -0.4 is 14.2 Å². The van der Waals surface area contributed by atoms with Gasteiger partial charge < -0.3 is 14.2 Å². The summed E-state index contributed by atoms with van der Waals surface area (Å²) in [6, 6.07) is 12.8. The van der Waals surface area contributed by atoms with E-state index in [1.807, 2.05) is 24.3 Å². The molecule has 2 aromatic rings. The van der Waals surface area contributed by atoms with Gasteiger partial charge in [-0.3, -0.25) is 4.79 Å². The second-order valence-electron chi connectivity index (χ2n) is 4.56. The highest BCUT2D eigenvalue weighted by molar-refractivity contribution is 5.94. The van der Waals surface area contributed by atoms with Crippen LogP contribution in [0.5, 0.6) is 17.2 Å². The molecule has 21 heavy (non-hydrogen) atoms. The van der Waals surface area contributed by atoms with E-state index in [4.69, 9.17) is 14.2 Å². The third-order valence-electron chi connectivity index (χ3n) is 3.12. The van der Waals surface area contributed by atoms with Gasteiger partial charge >= 0.3 is 0 Å². The van der Waals surface area contributed by atoms with Gasteiger partial charge in [0.15, 0.2) is 17.3 Å².